The van der Waals surface area contributed by atoms with E-state index < -0.39 is 11.6 Å². The van der Waals surface area contributed by atoms with Crippen LogP contribution in [0.4, 0.5) is 8.78 Å². The molecule has 0 amide bonds. The van der Waals surface area contributed by atoms with E-state index in [1.165, 1.54) is 6.07 Å². The Bertz CT molecular complexity index is 341. The second-order valence-corrected chi connectivity index (χ2v) is 4.11. The van der Waals surface area contributed by atoms with Crippen LogP contribution in [-0.2, 0) is 5.75 Å². The van der Waals surface area contributed by atoms with E-state index in [9.17, 15) is 8.78 Å². The quantitative estimate of drug-likeness (QED) is 0.696. The summed E-state index contributed by atoms with van der Waals surface area (Å²) in [5, 5.41) is 0. The van der Waals surface area contributed by atoms with E-state index >= 15 is 0 Å². The van der Waals surface area contributed by atoms with Gasteiger partial charge in [-0.1, -0.05) is 0 Å². The molecule has 2 N–H and O–H groups in total. The zero-order valence-electron chi connectivity index (χ0n) is 6.89. The molecule has 13 heavy (non-hydrogen) atoms. The van der Waals surface area contributed by atoms with Gasteiger partial charge in [0.25, 0.3) is 0 Å². The Morgan fingerprint density at radius 1 is 1.38 bits per heavy atom. The molecule has 0 bridgehead atoms. The maximum Gasteiger partial charge on any atom is 0.131 e. The van der Waals surface area contributed by atoms with Gasteiger partial charge in [0.1, 0.15) is 11.6 Å². The lowest BCUT2D eigenvalue weighted by atomic mass is 10.0. The molecule has 0 saturated heterocycles. The summed E-state index contributed by atoms with van der Waals surface area (Å²) in [6.07, 6.45) is 0. The SMILES string of the molecule is N[C@@H]1CSCc2cc(F)cc(F)c21. The van der Waals surface area contributed by atoms with Crippen molar-refractivity contribution in [2.75, 3.05) is 5.75 Å². The molecule has 0 saturated carbocycles. The Kier molecular flexibility index (Phi) is 2.26. The number of fused-ring (bicyclic) bond motifs is 1. The number of halogens is 2. The number of benzene rings is 1. The Balaban J connectivity index is 2.56. The molecule has 0 unspecified atom stereocenters. The summed E-state index contributed by atoms with van der Waals surface area (Å²) in [5.41, 5.74) is 6.90. The molecule has 1 aromatic rings. The van der Waals surface area contributed by atoms with Gasteiger partial charge in [0.15, 0.2) is 0 Å². The molecule has 1 aliphatic heterocycles. The first-order valence-corrected chi connectivity index (χ1v) is 5.15. The molecule has 1 aliphatic rings. The van der Waals surface area contributed by atoms with Gasteiger partial charge in [-0.2, -0.15) is 11.8 Å². The van der Waals surface area contributed by atoms with Crippen molar-refractivity contribution in [3.63, 3.8) is 0 Å². The largest absolute Gasteiger partial charge is 0.323 e. The van der Waals surface area contributed by atoms with Gasteiger partial charge in [-0.05, 0) is 11.6 Å². The maximum absolute atomic E-state index is 13.3. The van der Waals surface area contributed by atoms with Crippen LogP contribution in [0, 0.1) is 11.6 Å². The van der Waals surface area contributed by atoms with Gasteiger partial charge in [0.05, 0.1) is 0 Å². The minimum Gasteiger partial charge on any atom is -0.323 e. The lowest BCUT2D eigenvalue weighted by Crippen LogP contribution is -2.20. The molecule has 0 aromatic heterocycles. The van der Waals surface area contributed by atoms with Crippen molar-refractivity contribution >= 4 is 11.8 Å². The molecule has 0 spiro atoms. The smallest absolute Gasteiger partial charge is 0.131 e. The third kappa shape index (κ3) is 1.56. The van der Waals surface area contributed by atoms with Gasteiger partial charge in [0, 0.05) is 29.2 Å². The molecular formula is C9H9F2NS. The van der Waals surface area contributed by atoms with E-state index in [0.717, 1.165) is 6.07 Å². The summed E-state index contributed by atoms with van der Waals surface area (Å²) >= 11 is 1.60. The van der Waals surface area contributed by atoms with E-state index in [-0.39, 0.29) is 6.04 Å². The first-order chi connectivity index (χ1) is 6.18. The second kappa shape index (κ2) is 3.27. The predicted octanol–water partition coefficient (Wildman–Crippen LogP) is 2.21. The molecule has 4 heteroatoms. The monoisotopic (exact) mass is 201 g/mol. The predicted molar refractivity (Wildman–Crippen MR) is 49.4 cm³/mol. The average molecular weight is 201 g/mol. The highest BCUT2D eigenvalue weighted by Crippen LogP contribution is 2.32. The highest BCUT2D eigenvalue weighted by molar-refractivity contribution is 7.98. The Morgan fingerprint density at radius 2 is 2.15 bits per heavy atom. The summed E-state index contributed by atoms with van der Waals surface area (Å²) in [5.74, 6) is 0.321. The number of nitrogens with two attached hydrogens (primary N) is 1. The third-order valence-corrected chi connectivity index (χ3v) is 3.22. The van der Waals surface area contributed by atoms with E-state index in [1.807, 2.05) is 0 Å². The van der Waals surface area contributed by atoms with Crippen molar-refractivity contribution in [1.29, 1.82) is 0 Å². The van der Waals surface area contributed by atoms with Crippen LogP contribution in [0.3, 0.4) is 0 Å². The normalized spacial score (nSPS) is 21.3. The van der Waals surface area contributed by atoms with Crippen LogP contribution in [0.2, 0.25) is 0 Å². The lowest BCUT2D eigenvalue weighted by molar-refractivity contribution is 0.558. The minimum absolute atomic E-state index is 0.297. The lowest BCUT2D eigenvalue weighted by Gasteiger charge is -2.22. The van der Waals surface area contributed by atoms with Crippen molar-refractivity contribution in [1.82, 2.24) is 0 Å². The highest BCUT2D eigenvalue weighted by Gasteiger charge is 2.21. The van der Waals surface area contributed by atoms with Crippen molar-refractivity contribution in [3.8, 4) is 0 Å². The van der Waals surface area contributed by atoms with Gasteiger partial charge < -0.3 is 5.73 Å². The van der Waals surface area contributed by atoms with E-state index in [1.54, 1.807) is 11.8 Å². The van der Waals surface area contributed by atoms with Crippen molar-refractivity contribution < 1.29 is 8.78 Å². The molecular weight excluding hydrogens is 192 g/mol. The number of hydrogen-bond donors (Lipinski definition) is 1. The highest BCUT2D eigenvalue weighted by atomic mass is 32.2. The molecule has 1 heterocycles. The van der Waals surface area contributed by atoms with Crippen LogP contribution in [0.5, 0.6) is 0 Å². The van der Waals surface area contributed by atoms with Crippen molar-refractivity contribution in [2.24, 2.45) is 5.73 Å². The summed E-state index contributed by atoms with van der Waals surface area (Å²) in [6, 6.07) is 1.97. The van der Waals surface area contributed by atoms with Gasteiger partial charge in [-0.3, -0.25) is 0 Å². The number of hydrogen-bond acceptors (Lipinski definition) is 2. The first kappa shape index (κ1) is 8.97. The number of rotatable bonds is 0. The Hall–Kier alpha value is -0.610. The van der Waals surface area contributed by atoms with E-state index in [4.69, 9.17) is 5.73 Å². The van der Waals surface area contributed by atoms with Crippen molar-refractivity contribution in [3.05, 3.63) is 34.9 Å². The minimum atomic E-state index is -0.522. The molecule has 0 aliphatic carbocycles. The fourth-order valence-corrected chi connectivity index (χ4v) is 2.55. The van der Waals surface area contributed by atoms with Crippen LogP contribution in [0.1, 0.15) is 17.2 Å². The van der Waals surface area contributed by atoms with Gasteiger partial charge >= 0.3 is 0 Å². The molecule has 0 radical (unpaired) electrons. The fourth-order valence-electron chi connectivity index (χ4n) is 1.55. The van der Waals surface area contributed by atoms with E-state index in [0.29, 0.717) is 22.6 Å². The standard InChI is InChI=1S/C9H9F2NS/c10-6-1-5-3-13-4-8(12)9(5)7(11)2-6/h1-2,8H,3-4,12H2/t8-/m1/s1. The Labute approximate surface area is 79.3 Å². The van der Waals surface area contributed by atoms with Gasteiger partial charge in [0.2, 0.25) is 0 Å². The van der Waals surface area contributed by atoms with Crippen LogP contribution in [0.25, 0.3) is 0 Å². The third-order valence-electron chi connectivity index (χ3n) is 2.11. The Morgan fingerprint density at radius 3 is 2.92 bits per heavy atom. The summed E-state index contributed by atoms with van der Waals surface area (Å²) in [6.45, 7) is 0. The molecule has 70 valence electrons. The maximum atomic E-state index is 13.3. The number of thioether (sulfide) groups is 1. The van der Waals surface area contributed by atoms with Crippen LogP contribution in [-0.4, -0.2) is 5.75 Å². The molecule has 0 fully saturated rings. The zero-order chi connectivity index (χ0) is 9.42. The second-order valence-electron chi connectivity index (χ2n) is 3.08. The fraction of sp³-hybridized carbons (Fsp3) is 0.333. The summed E-state index contributed by atoms with van der Waals surface area (Å²) in [4.78, 5) is 0. The topological polar surface area (TPSA) is 26.0 Å². The van der Waals surface area contributed by atoms with Crippen LogP contribution < -0.4 is 5.73 Å². The molecule has 1 atom stereocenters. The van der Waals surface area contributed by atoms with Gasteiger partial charge in [-0.25, -0.2) is 8.78 Å². The van der Waals surface area contributed by atoms with Gasteiger partial charge in [-0.15, -0.1) is 0 Å². The zero-order valence-corrected chi connectivity index (χ0v) is 7.70. The van der Waals surface area contributed by atoms with E-state index in [2.05, 4.69) is 0 Å². The summed E-state index contributed by atoms with van der Waals surface area (Å²) < 4.78 is 26.0. The van der Waals surface area contributed by atoms with Crippen LogP contribution >= 0.6 is 11.8 Å². The average Bonchev–Trinajstić information content (AvgIpc) is 2.02. The molecule has 1 aromatic carbocycles. The molecule has 1 nitrogen and oxygen atoms in total. The van der Waals surface area contributed by atoms with Crippen LogP contribution in [0.15, 0.2) is 12.1 Å². The van der Waals surface area contributed by atoms with Crippen molar-refractivity contribution in [2.45, 2.75) is 11.8 Å². The first-order valence-electron chi connectivity index (χ1n) is 3.99. The molecule has 2 rings (SSSR count). The summed E-state index contributed by atoms with van der Waals surface area (Å²) in [7, 11) is 0.